The van der Waals surface area contributed by atoms with Gasteiger partial charge in [-0.15, -0.1) is 11.3 Å². The SMILES string of the molecule is Cc1nc(SCC(=O)NCC2CN(CC(C)C)CCO2)c2c(C)c(C)sc2n1. The number of fused-ring (bicyclic) bond motifs is 1. The number of nitrogens with one attached hydrogen (secondary N) is 1. The summed E-state index contributed by atoms with van der Waals surface area (Å²) in [6.45, 7) is 14.8. The third kappa shape index (κ3) is 5.43. The van der Waals surface area contributed by atoms with Crippen molar-refractivity contribution in [1.29, 1.82) is 0 Å². The lowest BCUT2D eigenvalue weighted by Crippen LogP contribution is -2.48. The average molecular weight is 423 g/mol. The molecule has 1 saturated heterocycles. The van der Waals surface area contributed by atoms with Gasteiger partial charge in [-0.3, -0.25) is 9.69 Å². The van der Waals surface area contributed by atoms with Crippen molar-refractivity contribution in [3.05, 3.63) is 16.3 Å². The molecule has 1 fully saturated rings. The molecule has 28 heavy (non-hydrogen) atoms. The van der Waals surface area contributed by atoms with Gasteiger partial charge in [-0.25, -0.2) is 9.97 Å². The summed E-state index contributed by atoms with van der Waals surface area (Å²) < 4.78 is 5.81. The van der Waals surface area contributed by atoms with E-state index < -0.39 is 0 Å². The highest BCUT2D eigenvalue weighted by molar-refractivity contribution is 8.00. The second-order valence-electron chi connectivity index (χ2n) is 7.78. The number of thioether (sulfide) groups is 1. The molecule has 0 spiro atoms. The molecular weight excluding hydrogens is 392 g/mol. The molecule has 0 aromatic carbocycles. The predicted octanol–water partition coefficient (Wildman–Crippen LogP) is 3.18. The van der Waals surface area contributed by atoms with Gasteiger partial charge < -0.3 is 10.1 Å². The Morgan fingerprint density at radius 1 is 1.36 bits per heavy atom. The predicted molar refractivity (Wildman–Crippen MR) is 116 cm³/mol. The molecule has 0 bridgehead atoms. The molecule has 3 rings (SSSR count). The molecular formula is C20H30N4O2S2. The van der Waals surface area contributed by atoms with Crippen molar-refractivity contribution >= 4 is 39.2 Å². The van der Waals surface area contributed by atoms with Crippen LogP contribution in [0.25, 0.3) is 10.2 Å². The molecule has 154 valence electrons. The van der Waals surface area contributed by atoms with Crippen molar-refractivity contribution in [2.45, 2.75) is 45.7 Å². The summed E-state index contributed by atoms with van der Waals surface area (Å²) in [4.78, 5) is 26.2. The van der Waals surface area contributed by atoms with Crippen molar-refractivity contribution < 1.29 is 9.53 Å². The van der Waals surface area contributed by atoms with Gasteiger partial charge >= 0.3 is 0 Å². The fourth-order valence-corrected chi connectivity index (χ4v) is 5.52. The average Bonchev–Trinajstić information content (AvgIpc) is 2.91. The molecule has 0 radical (unpaired) electrons. The Morgan fingerprint density at radius 2 is 2.14 bits per heavy atom. The van der Waals surface area contributed by atoms with E-state index in [0.29, 0.717) is 18.2 Å². The van der Waals surface area contributed by atoms with Crippen molar-refractivity contribution in [3.63, 3.8) is 0 Å². The number of hydrogen-bond donors (Lipinski definition) is 1. The summed E-state index contributed by atoms with van der Waals surface area (Å²) in [5.41, 5.74) is 1.21. The normalized spacial score (nSPS) is 18.1. The van der Waals surface area contributed by atoms with Gasteiger partial charge in [-0.2, -0.15) is 0 Å². The zero-order valence-electron chi connectivity index (χ0n) is 17.4. The Balaban J connectivity index is 1.53. The smallest absolute Gasteiger partial charge is 0.230 e. The van der Waals surface area contributed by atoms with Crippen LogP contribution in [0.3, 0.4) is 0 Å². The lowest BCUT2D eigenvalue weighted by atomic mass is 10.2. The van der Waals surface area contributed by atoms with Gasteiger partial charge in [-0.1, -0.05) is 25.6 Å². The van der Waals surface area contributed by atoms with Crippen molar-refractivity contribution in [3.8, 4) is 0 Å². The third-order valence-corrected chi connectivity index (χ3v) is 6.90. The first-order valence-electron chi connectivity index (χ1n) is 9.81. The second kappa shape index (κ2) is 9.52. The van der Waals surface area contributed by atoms with Gasteiger partial charge in [0, 0.05) is 36.4 Å². The number of amides is 1. The van der Waals surface area contributed by atoms with E-state index in [9.17, 15) is 4.79 Å². The van der Waals surface area contributed by atoms with Crippen LogP contribution in [0.5, 0.6) is 0 Å². The number of morpholine rings is 1. The van der Waals surface area contributed by atoms with Crippen LogP contribution in [-0.2, 0) is 9.53 Å². The highest BCUT2D eigenvalue weighted by Gasteiger charge is 2.21. The fraction of sp³-hybridized carbons (Fsp3) is 0.650. The van der Waals surface area contributed by atoms with Crippen molar-refractivity contribution in [2.24, 2.45) is 5.92 Å². The summed E-state index contributed by atoms with van der Waals surface area (Å²) in [7, 11) is 0. The summed E-state index contributed by atoms with van der Waals surface area (Å²) in [6.07, 6.45) is 0.0659. The van der Waals surface area contributed by atoms with E-state index in [2.05, 4.69) is 47.9 Å². The standard InChI is InChI=1S/C20H30N4O2S2/c1-12(2)9-24-6-7-26-16(10-24)8-21-17(25)11-27-19-18-13(3)14(4)28-20(18)23-15(5)22-19/h12,16H,6-11H2,1-5H3,(H,21,25). The van der Waals surface area contributed by atoms with Crippen LogP contribution in [0.2, 0.25) is 0 Å². The second-order valence-corrected chi connectivity index (χ2v) is 9.95. The number of ether oxygens (including phenoxy) is 1. The molecule has 1 aliphatic heterocycles. The van der Waals surface area contributed by atoms with Gasteiger partial charge in [0.15, 0.2) is 0 Å². The van der Waals surface area contributed by atoms with E-state index in [0.717, 1.165) is 47.3 Å². The van der Waals surface area contributed by atoms with Crippen molar-refractivity contribution in [2.75, 3.05) is 38.5 Å². The quantitative estimate of drug-likeness (QED) is 0.546. The summed E-state index contributed by atoms with van der Waals surface area (Å²) in [5, 5.41) is 5.02. The molecule has 3 heterocycles. The maximum Gasteiger partial charge on any atom is 0.230 e. The van der Waals surface area contributed by atoms with Crippen LogP contribution in [0.1, 0.15) is 30.1 Å². The monoisotopic (exact) mass is 422 g/mol. The van der Waals surface area contributed by atoms with Gasteiger partial charge in [0.2, 0.25) is 5.91 Å². The van der Waals surface area contributed by atoms with Crippen LogP contribution < -0.4 is 5.32 Å². The molecule has 1 atom stereocenters. The summed E-state index contributed by atoms with van der Waals surface area (Å²) >= 11 is 3.18. The molecule has 6 nitrogen and oxygen atoms in total. The molecule has 2 aromatic heterocycles. The molecule has 1 unspecified atom stereocenters. The van der Waals surface area contributed by atoms with Crippen LogP contribution in [0.15, 0.2) is 5.03 Å². The minimum atomic E-state index is 0.0172. The third-order valence-electron chi connectivity index (χ3n) is 4.82. The lowest BCUT2D eigenvalue weighted by molar-refractivity contribution is -0.119. The van der Waals surface area contributed by atoms with Crippen LogP contribution >= 0.6 is 23.1 Å². The zero-order valence-corrected chi connectivity index (χ0v) is 19.0. The molecule has 1 aliphatic rings. The topological polar surface area (TPSA) is 67.4 Å². The Morgan fingerprint density at radius 3 is 2.89 bits per heavy atom. The Kier molecular flexibility index (Phi) is 7.31. The molecule has 1 amide bonds. The maximum absolute atomic E-state index is 12.4. The molecule has 0 aliphatic carbocycles. The first-order valence-corrected chi connectivity index (χ1v) is 11.6. The van der Waals surface area contributed by atoms with E-state index >= 15 is 0 Å². The molecule has 1 N–H and O–H groups in total. The van der Waals surface area contributed by atoms with E-state index in [1.807, 2.05) is 6.92 Å². The number of carbonyl (C=O) groups excluding carboxylic acids is 1. The van der Waals surface area contributed by atoms with Gasteiger partial charge in [0.05, 0.1) is 18.5 Å². The molecule has 2 aromatic rings. The fourth-order valence-electron chi connectivity index (χ4n) is 3.42. The zero-order chi connectivity index (χ0) is 20.3. The Labute approximate surface area is 175 Å². The minimum Gasteiger partial charge on any atom is -0.374 e. The molecule has 0 saturated carbocycles. The highest BCUT2D eigenvalue weighted by Crippen LogP contribution is 2.34. The maximum atomic E-state index is 12.4. The summed E-state index contributed by atoms with van der Waals surface area (Å²) in [5.74, 6) is 1.76. The van der Waals surface area contributed by atoms with E-state index in [4.69, 9.17) is 4.74 Å². The van der Waals surface area contributed by atoms with Gasteiger partial charge in [0.1, 0.15) is 15.7 Å². The lowest BCUT2D eigenvalue weighted by Gasteiger charge is -2.33. The number of nitrogens with zero attached hydrogens (tertiary/aromatic N) is 3. The van der Waals surface area contributed by atoms with Crippen molar-refractivity contribution in [1.82, 2.24) is 20.2 Å². The largest absolute Gasteiger partial charge is 0.374 e. The summed E-state index contributed by atoms with van der Waals surface area (Å²) in [6, 6.07) is 0. The Bertz CT molecular complexity index is 837. The number of aromatic nitrogens is 2. The van der Waals surface area contributed by atoms with Gasteiger partial charge in [0.25, 0.3) is 0 Å². The molecule has 8 heteroatoms. The number of hydrogen-bond acceptors (Lipinski definition) is 7. The number of carbonyl (C=O) groups is 1. The van der Waals surface area contributed by atoms with E-state index in [1.54, 1.807) is 11.3 Å². The van der Waals surface area contributed by atoms with Crippen LogP contribution in [0, 0.1) is 26.7 Å². The van der Waals surface area contributed by atoms with E-state index in [1.165, 1.54) is 22.2 Å². The first-order chi connectivity index (χ1) is 13.3. The van der Waals surface area contributed by atoms with E-state index in [-0.39, 0.29) is 12.0 Å². The highest BCUT2D eigenvalue weighted by atomic mass is 32.2. The first kappa shape index (κ1) is 21.5. The minimum absolute atomic E-state index is 0.0172. The Hall–Kier alpha value is -1.22. The van der Waals surface area contributed by atoms with Crippen LogP contribution in [0.4, 0.5) is 0 Å². The van der Waals surface area contributed by atoms with Gasteiger partial charge in [-0.05, 0) is 32.3 Å². The van der Waals surface area contributed by atoms with Crippen LogP contribution in [-0.4, -0.2) is 65.4 Å². The number of aryl methyl sites for hydroxylation is 3. The number of thiophene rings is 1. The number of rotatable bonds is 7.